The molecular weight excluding hydrogens is 234 g/mol. The molecular formula is C17H27NO. The largest absolute Gasteiger partial charge is 0.464 e. The molecule has 0 radical (unpaired) electrons. The normalized spacial score (nSPS) is 34.4. The van der Waals surface area contributed by atoms with Gasteiger partial charge in [-0.1, -0.05) is 33.1 Å². The number of hydrogen-bond donors (Lipinski definition) is 1. The molecule has 2 fully saturated rings. The zero-order valence-corrected chi connectivity index (χ0v) is 12.3. The minimum absolute atomic E-state index is 0.701. The highest BCUT2D eigenvalue weighted by molar-refractivity contribution is 5.17. The van der Waals surface area contributed by atoms with Crippen molar-refractivity contribution in [2.75, 3.05) is 6.54 Å². The van der Waals surface area contributed by atoms with E-state index in [1.165, 1.54) is 37.9 Å². The molecule has 1 heterocycles. The Hall–Kier alpha value is -0.760. The lowest BCUT2D eigenvalue weighted by molar-refractivity contribution is 0.245. The third kappa shape index (κ3) is 3.22. The molecule has 0 spiro atoms. The van der Waals surface area contributed by atoms with E-state index < -0.39 is 0 Å². The lowest BCUT2D eigenvalue weighted by Crippen LogP contribution is -2.28. The van der Waals surface area contributed by atoms with Crippen LogP contribution in [0.4, 0.5) is 0 Å². The summed E-state index contributed by atoms with van der Waals surface area (Å²) in [5.74, 6) is 5.60. The Morgan fingerprint density at radius 3 is 2.68 bits per heavy atom. The molecule has 3 rings (SSSR count). The molecule has 1 aromatic heterocycles. The van der Waals surface area contributed by atoms with E-state index in [1.54, 1.807) is 0 Å². The summed E-state index contributed by atoms with van der Waals surface area (Å²) in [5, 5.41) is 3.59. The van der Waals surface area contributed by atoms with Crippen molar-refractivity contribution in [1.29, 1.82) is 0 Å². The van der Waals surface area contributed by atoms with Gasteiger partial charge >= 0.3 is 0 Å². The van der Waals surface area contributed by atoms with E-state index in [-0.39, 0.29) is 0 Å². The van der Waals surface area contributed by atoms with Crippen LogP contribution >= 0.6 is 0 Å². The third-order valence-corrected chi connectivity index (χ3v) is 5.15. The van der Waals surface area contributed by atoms with E-state index >= 15 is 0 Å². The van der Waals surface area contributed by atoms with Gasteiger partial charge in [-0.2, -0.15) is 0 Å². The molecule has 0 saturated heterocycles. The van der Waals surface area contributed by atoms with Gasteiger partial charge in [-0.15, -0.1) is 0 Å². The summed E-state index contributed by atoms with van der Waals surface area (Å²) in [6, 6.07) is 4.33. The van der Waals surface area contributed by atoms with Gasteiger partial charge in [0.1, 0.15) is 11.5 Å². The molecule has 2 heteroatoms. The van der Waals surface area contributed by atoms with Crippen LogP contribution in [-0.2, 0) is 6.54 Å². The summed E-state index contributed by atoms with van der Waals surface area (Å²) in [6.45, 7) is 6.75. The van der Waals surface area contributed by atoms with Crippen LogP contribution in [0.1, 0.15) is 63.4 Å². The van der Waals surface area contributed by atoms with Gasteiger partial charge in [-0.25, -0.2) is 0 Å². The van der Waals surface area contributed by atoms with Crippen molar-refractivity contribution >= 4 is 0 Å². The van der Waals surface area contributed by atoms with Crippen molar-refractivity contribution in [3.63, 3.8) is 0 Å². The molecule has 1 N–H and O–H groups in total. The molecule has 4 unspecified atom stereocenters. The average molecular weight is 261 g/mol. The first-order valence-corrected chi connectivity index (χ1v) is 8.03. The highest BCUT2D eigenvalue weighted by Gasteiger charge is 2.36. The van der Waals surface area contributed by atoms with Gasteiger partial charge in [0, 0.05) is 5.92 Å². The molecule has 19 heavy (non-hydrogen) atoms. The number of hydrogen-bond acceptors (Lipinski definition) is 2. The standard InChI is InChI=1S/C17H27NO/c1-12-5-3-4-6-14(12)10-18-11-15-7-8-17(19-15)16-9-13(16)2/h7-8,12-14,16,18H,3-6,9-11H2,1-2H3. The average Bonchev–Trinajstić information content (AvgIpc) is 2.96. The van der Waals surface area contributed by atoms with Crippen molar-refractivity contribution in [1.82, 2.24) is 5.32 Å². The zero-order valence-electron chi connectivity index (χ0n) is 12.3. The van der Waals surface area contributed by atoms with Crippen LogP contribution < -0.4 is 5.32 Å². The highest BCUT2D eigenvalue weighted by atomic mass is 16.3. The summed E-state index contributed by atoms with van der Waals surface area (Å²) in [7, 11) is 0. The van der Waals surface area contributed by atoms with E-state index in [0.29, 0.717) is 5.92 Å². The summed E-state index contributed by atoms with van der Waals surface area (Å²) in [5.41, 5.74) is 0. The van der Waals surface area contributed by atoms with Crippen molar-refractivity contribution in [3.05, 3.63) is 23.7 Å². The second-order valence-electron chi connectivity index (χ2n) is 6.78. The zero-order chi connectivity index (χ0) is 13.2. The minimum Gasteiger partial charge on any atom is -0.464 e. The van der Waals surface area contributed by atoms with Gasteiger partial charge in [0.2, 0.25) is 0 Å². The van der Waals surface area contributed by atoms with Crippen LogP contribution in [0.25, 0.3) is 0 Å². The molecule has 0 aromatic carbocycles. The lowest BCUT2D eigenvalue weighted by atomic mass is 9.80. The maximum absolute atomic E-state index is 5.93. The van der Waals surface area contributed by atoms with Crippen LogP contribution in [0.15, 0.2) is 16.5 Å². The second kappa shape index (κ2) is 5.70. The van der Waals surface area contributed by atoms with Crippen LogP contribution in [0.3, 0.4) is 0 Å². The second-order valence-corrected chi connectivity index (χ2v) is 6.78. The molecule has 4 atom stereocenters. The highest BCUT2D eigenvalue weighted by Crippen LogP contribution is 2.47. The Balaban J connectivity index is 1.43. The van der Waals surface area contributed by atoms with Crippen LogP contribution in [-0.4, -0.2) is 6.54 Å². The predicted octanol–water partition coefficient (Wildman–Crippen LogP) is 4.32. The lowest BCUT2D eigenvalue weighted by Gasteiger charge is -2.28. The van der Waals surface area contributed by atoms with Crippen LogP contribution in [0.2, 0.25) is 0 Å². The van der Waals surface area contributed by atoms with E-state index in [9.17, 15) is 0 Å². The van der Waals surface area contributed by atoms with Gasteiger partial charge in [0.25, 0.3) is 0 Å². The molecule has 106 valence electrons. The van der Waals surface area contributed by atoms with E-state index in [2.05, 4.69) is 31.3 Å². The number of furan rings is 1. The Kier molecular flexibility index (Phi) is 3.97. The topological polar surface area (TPSA) is 25.2 Å². The fourth-order valence-corrected chi connectivity index (χ4v) is 3.48. The third-order valence-electron chi connectivity index (χ3n) is 5.15. The SMILES string of the molecule is CC1CCCCC1CNCc1ccc(C2CC2C)o1. The smallest absolute Gasteiger partial charge is 0.117 e. The molecule has 0 aliphatic heterocycles. The van der Waals surface area contributed by atoms with E-state index in [1.807, 2.05) is 0 Å². The monoisotopic (exact) mass is 261 g/mol. The van der Waals surface area contributed by atoms with Crippen molar-refractivity contribution < 1.29 is 4.42 Å². The molecule has 2 aliphatic rings. The van der Waals surface area contributed by atoms with Gasteiger partial charge in [0.15, 0.2) is 0 Å². The summed E-state index contributed by atoms with van der Waals surface area (Å²) in [6.07, 6.45) is 6.97. The maximum Gasteiger partial charge on any atom is 0.117 e. The number of nitrogens with one attached hydrogen (secondary N) is 1. The first-order chi connectivity index (χ1) is 9.24. The first kappa shape index (κ1) is 13.2. The number of rotatable bonds is 5. The fourth-order valence-electron chi connectivity index (χ4n) is 3.48. The molecule has 2 nitrogen and oxygen atoms in total. The molecule has 2 saturated carbocycles. The first-order valence-electron chi connectivity index (χ1n) is 8.03. The maximum atomic E-state index is 5.93. The summed E-state index contributed by atoms with van der Waals surface area (Å²) in [4.78, 5) is 0. The Labute approximate surface area is 117 Å². The molecule has 2 aliphatic carbocycles. The van der Waals surface area contributed by atoms with Crippen molar-refractivity contribution in [3.8, 4) is 0 Å². The summed E-state index contributed by atoms with van der Waals surface area (Å²) >= 11 is 0. The van der Waals surface area contributed by atoms with Gasteiger partial charge in [-0.3, -0.25) is 0 Å². The predicted molar refractivity (Wildman–Crippen MR) is 78.1 cm³/mol. The van der Waals surface area contributed by atoms with Crippen LogP contribution in [0.5, 0.6) is 0 Å². The van der Waals surface area contributed by atoms with E-state index in [4.69, 9.17) is 4.42 Å². The Morgan fingerprint density at radius 1 is 1.16 bits per heavy atom. The van der Waals surface area contributed by atoms with Gasteiger partial charge < -0.3 is 9.73 Å². The Bertz CT molecular complexity index is 411. The Morgan fingerprint density at radius 2 is 1.95 bits per heavy atom. The summed E-state index contributed by atoms with van der Waals surface area (Å²) < 4.78 is 5.93. The molecule has 0 bridgehead atoms. The van der Waals surface area contributed by atoms with Crippen molar-refractivity contribution in [2.45, 2.75) is 58.4 Å². The van der Waals surface area contributed by atoms with Crippen molar-refractivity contribution in [2.24, 2.45) is 17.8 Å². The van der Waals surface area contributed by atoms with Gasteiger partial charge in [0.05, 0.1) is 6.54 Å². The van der Waals surface area contributed by atoms with Gasteiger partial charge in [-0.05, 0) is 49.3 Å². The minimum atomic E-state index is 0.701. The quantitative estimate of drug-likeness (QED) is 0.854. The van der Waals surface area contributed by atoms with E-state index in [0.717, 1.165) is 36.6 Å². The molecule has 0 amide bonds. The molecule has 1 aromatic rings. The van der Waals surface area contributed by atoms with Crippen LogP contribution in [0, 0.1) is 17.8 Å². The fraction of sp³-hybridized carbons (Fsp3) is 0.765.